The average Bonchev–Trinajstić information content (AvgIpc) is 3.07. The zero-order chi connectivity index (χ0) is 21.8. The first-order valence-corrected chi connectivity index (χ1v) is 11.4. The number of para-hydroxylation sites is 1. The Balaban J connectivity index is 1.45. The zero-order valence-electron chi connectivity index (χ0n) is 17.6. The van der Waals surface area contributed by atoms with Crippen molar-refractivity contribution >= 4 is 43.7 Å². The molecule has 4 aromatic rings. The van der Waals surface area contributed by atoms with E-state index >= 15 is 0 Å². The van der Waals surface area contributed by atoms with E-state index in [0.29, 0.717) is 13.0 Å². The second kappa shape index (κ2) is 9.67. The van der Waals surface area contributed by atoms with Gasteiger partial charge in [-0.2, -0.15) is 0 Å². The highest BCUT2D eigenvalue weighted by Gasteiger charge is 2.17. The molecule has 0 aliphatic heterocycles. The van der Waals surface area contributed by atoms with Gasteiger partial charge in [0.1, 0.15) is 0 Å². The van der Waals surface area contributed by atoms with Gasteiger partial charge in [-0.1, -0.05) is 58.4 Å². The summed E-state index contributed by atoms with van der Waals surface area (Å²) in [5.74, 6) is -0.913. The third kappa shape index (κ3) is 4.83. The third-order valence-corrected chi connectivity index (χ3v) is 6.16. The average molecular weight is 480 g/mol. The Kier molecular flexibility index (Phi) is 6.73. The summed E-state index contributed by atoms with van der Waals surface area (Å²) in [7, 11) is 0. The minimum Gasteiger partial charge on any atom is -0.479 e. The van der Waals surface area contributed by atoms with E-state index in [9.17, 15) is 9.90 Å². The van der Waals surface area contributed by atoms with Gasteiger partial charge in [0.15, 0.2) is 6.10 Å². The molecule has 31 heavy (non-hydrogen) atoms. The number of benzene rings is 3. The van der Waals surface area contributed by atoms with Crippen molar-refractivity contribution in [3.63, 3.8) is 0 Å². The van der Waals surface area contributed by atoms with Gasteiger partial charge in [0.25, 0.3) is 0 Å². The Bertz CT molecular complexity index is 1200. The Morgan fingerprint density at radius 3 is 2.45 bits per heavy atom. The molecule has 0 aliphatic carbocycles. The van der Waals surface area contributed by atoms with Gasteiger partial charge in [0.05, 0.1) is 0 Å². The van der Waals surface area contributed by atoms with E-state index in [1.807, 2.05) is 19.1 Å². The highest BCUT2D eigenvalue weighted by atomic mass is 79.9. The van der Waals surface area contributed by atoms with Crippen LogP contribution >= 0.6 is 15.9 Å². The molecule has 4 rings (SSSR count). The van der Waals surface area contributed by atoms with Crippen LogP contribution in [0.3, 0.4) is 0 Å². The lowest BCUT2D eigenvalue weighted by Crippen LogP contribution is -2.26. The highest BCUT2D eigenvalue weighted by molar-refractivity contribution is 9.10. The normalized spacial score (nSPS) is 12.5. The quantitative estimate of drug-likeness (QED) is 0.309. The van der Waals surface area contributed by atoms with Crippen molar-refractivity contribution in [1.82, 2.24) is 4.57 Å². The Labute approximate surface area is 190 Å². The van der Waals surface area contributed by atoms with Crippen molar-refractivity contribution in [1.29, 1.82) is 0 Å². The number of aryl methyl sites for hydroxylation is 2. The number of rotatable bonds is 9. The van der Waals surface area contributed by atoms with Crippen LogP contribution in [0.1, 0.15) is 24.5 Å². The number of halogens is 1. The SMILES string of the molecule is CCO[C@@H](Cc1ccc(CCCn2c3ccccc3c3cc(Br)ccc32)cc1)C(=O)O. The van der Waals surface area contributed by atoms with Crippen LogP contribution < -0.4 is 0 Å². The number of aliphatic carboxylic acids is 1. The number of carboxylic acid groups (broad SMARTS) is 1. The first-order valence-electron chi connectivity index (χ1n) is 10.7. The number of aromatic nitrogens is 1. The van der Waals surface area contributed by atoms with Crippen LogP contribution in [-0.2, 0) is 28.9 Å². The highest BCUT2D eigenvalue weighted by Crippen LogP contribution is 2.31. The van der Waals surface area contributed by atoms with Gasteiger partial charge in [-0.15, -0.1) is 0 Å². The van der Waals surface area contributed by atoms with Crippen molar-refractivity contribution in [3.05, 3.63) is 82.3 Å². The minimum atomic E-state index is -0.913. The third-order valence-electron chi connectivity index (χ3n) is 5.67. The van der Waals surface area contributed by atoms with Gasteiger partial charge in [0, 0.05) is 45.9 Å². The standard InChI is InChI=1S/C26H26BrNO3/c1-2-31-25(26(29)30)16-19-11-9-18(10-12-19)6-5-15-28-23-8-4-3-7-21(23)22-17-20(27)13-14-24(22)28/h3-4,7-14,17,25H,2,5-6,15-16H2,1H3,(H,29,30)/t25-/m0/s1. The number of carboxylic acids is 1. The molecule has 4 nitrogen and oxygen atoms in total. The van der Waals surface area contributed by atoms with Gasteiger partial charge in [-0.3, -0.25) is 0 Å². The minimum absolute atomic E-state index is 0.389. The second-order valence-corrected chi connectivity index (χ2v) is 8.65. The van der Waals surface area contributed by atoms with Gasteiger partial charge < -0.3 is 14.4 Å². The molecule has 5 heteroatoms. The predicted octanol–water partition coefficient (Wildman–Crippen LogP) is 6.22. The van der Waals surface area contributed by atoms with Crippen LogP contribution in [0.5, 0.6) is 0 Å². The number of carbonyl (C=O) groups is 1. The summed E-state index contributed by atoms with van der Waals surface area (Å²) in [4.78, 5) is 11.3. The van der Waals surface area contributed by atoms with Crippen LogP contribution in [0.4, 0.5) is 0 Å². The van der Waals surface area contributed by atoms with Crippen molar-refractivity contribution in [2.45, 2.75) is 38.8 Å². The van der Waals surface area contributed by atoms with Gasteiger partial charge in [-0.05, 0) is 55.2 Å². The fourth-order valence-corrected chi connectivity index (χ4v) is 4.54. The predicted molar refractivity (Wildman–Crippen MR) is 129 cm³/mol. The number of hydrogen-bond acceptors (Lipinski definition) is 2. The maximum atomic E-state index is 11.3. The monoisotopic (exact) mass is 479 g/mol. The zero-order valence-corrected chi connectivity index (χ0v) is 19.1. The molecular formula is C26H26BrNO3. The summed E-state index contributed by atoms with van der Waals surface area (Å²) >= 11 is 3.60. The van der Waals surface area contributed by atoms with Crippen LogP contribution in [0.2, 0.25) is 0 Å². The summed E-state index contributed by atoms with van der Waals surface area (Å²) < 4.78 is 8.82. The molecule has 0 amide bonds. The molecular weight excluding hydrogens is 454 g/mol. The van der Waals surface area contributed by atoms with Crippen LogP contribution in [0.25, 0.3) is 21.8 Å². The molecule has 1 aromatic heterocycles. The van der Waals surface area contributed by atoms with E-state index < -0.39 is 12.1 Å². The number of hydrogen-bond donors (Lipinski definition) is 1. The number of fused-ring (bicyclic) bond motifs is 3. The summed E-state index contributed by atoms with van der Waals surface area (Å²) in [6.45, 7) is 3.16. The van der Waals surface area contributed by atoms with Crippen molar-refractivity contribution < 1.29 is 14.6 Å². The molecule has 3 aromatic carbocycles. The molecule has 0 fully saturated rings. The van der Waals surface area contributed by atoms with E-state index in [1.165, 1.54) is 27.4 Å². The molecule has 1 N–H and O–H groups in total. The molecule has 0 bridgehead atoms. The van der Waals surface area contributed by atoms with Crippen LogP contribution in [0.15, 0.2) is 71.2 Å². The smallest absolute Gasteiger partial charge is 0.333 e. The molecule has 0 saturated heterocycles. The number of ether oxygens (including phenoxy) is 1. The van der Waals surface area contributed by atoms with Gasteiger partial charge in [0.2, 0.25) is 0 Å². The lowest BCUT2D eigenvalue weighted by Gasteiger charge is -2.13. The van der Waals surface area contributed by atoms with E-state index in [4.69, 9.17) is 4.74 Å². The lowest BCUT2D eigenvalue weighted by molar-refractivity contribution is -0.149. The summed E-state index contributed by atoms with van der Waals surface area (Å²) in [5.41, 5.74) is 4.77. The van der Waals surface area contributed by atoms with Crippen molar-refractivity contribution in [3.8, 4) is 0 Å². The maximum absolute atomic E-state index is 11.3. The fraction of sp³-hybridized carbons (Fsp3) is 0.269. The van der Waals surface area contributed by atoms with Crippen LogP contribution in [-0.4, -0.2) is 28.4 Å². The Morgan fingerprint density at radius 1 is 1.00 bits per heavy atom. The molecule has 160 valence electrons. The van der Waals surface area contributed by atoms with Crippen molar-refractivity contribution in [2.75, 3.05) is 6.61 Å². The lowest BCUT2D eigenvalue weighted by atomic mass is 10.0. The maximum Gasteiger partial charge on any atom is 0.333 e. The first-order chi connectivity index (χ1) is 15.1. The molecule has 0 saturated carbocycles. The van der Waals surface area contributed by atoms with E-state index in [1.54, 1.807) is 0 Å². The van der Waals surface area contributed by atoms with Crippen LogP contribution in [0, 0.1) is 0 Å². The molecule has 0 unspecified atom stereocenters. The molecule has 0 spiro atoms. The largest absolute Gasteiger partial charge is 0.479 e. The molecule has 1 heterocycles. The molecule has 0 radical (unpaired) electrons. The second-order valence-electron chi connectivity index (χ2n) is 7.74. The summed E-state index contributed by atoms with van der Waals surface area (Å²) in [6.07, 6.45) is 1.60. The first kappa shape index (κ1) is 21.6. The summed E-state index contributed by atoms with van der Waals surface area (Å²) in [6, 6.07) is 23.3. The fourth-order valence-electron chi connectivity index (χ4n) is 4.18. The van der Waals surface area contributed by atoms with E-state index in [-0.39, 0.29) is 0 Å². The van der Waals surface area contributed by atoms with E-state index in [2.05, 4.69) is 75.1 Å². The Hall–Kier alpha value is -2.63. The topological polar surface area (TPSA) is 51.5 Å². The molecule has 1 atom stereocenters. The Morgan fingerprint density at radius 2 is 1.71 bits per heavy atom. The van der Waals surface area contributed by atoms with Gasteiger partial charge in [-0.25, -0.2) is 4.79 Å². The van der Waals surface area contributed by atoms with Crippen molar-refractivity contribution in [2.24, 2.45) is 0 Å². The summed E-state index contributed by atoms with van der Waals surface area (Å²) in [5, 5.41) is 11.8. The number of nitrogens with zero attached hydrogens (tertiary/aromatic N) is 1. The van der Waals surface area contributed by atoms with E-state index in [0.717, 1.165) is 29.4 Å². The van der Waals surface area contributed by atoms with Gasteiger partial charge >= 0.3 is 5.97 Å². The molecule has 0 aliphatic rings.